The van der Waals surface area contributed by atoms with Crippen molar-refractivity contribution in [2.24, 2.45) is 5.92 Å². The van der Waals surface area contributed by atoms with E-state index < -0.39 is 0 Å². The van der Waals surface area contributed by atoms with E-state index in [0.717, 1.165) is 40.8 Å². The van der Waals surface area contributed by atoms with Crippen LogP contribution in [-0.2, 0) is 27.3 Å². The van der Waals surface area contributed by atoms with Crippen molar-refractivity contribution in [3.05, 3.63) is 47.5 Å². The molecular formula is C24H29NO5. The first-order chi connectivity index (χ1) is 14.5. The summed E-state index contributed by atoms with van der Waals surface area (Å²) in [6.07, 6.45) is 2.84. The lowest BCUT2D eigenvalue weighted by atomic mass is 9.95. The molecule has 0 bridgehead atoms. The Bertz CT molecular complexity index is 904. The molecular weight excluding hydrogens is 382 g/mol. The first-order valence-corrected chi connectivity index (χ1v) is 10.2. The second-order valence-corrected chi connectivity index (χ2v) is 7.48. The fourth-order valence-electron chi connectivity index (χ4n) is 3.45. The van der Waals surface area contributed by atoms with E-state index in [1.165, 1.54) is 7.11 Å². The number of benzene rings is 2. The number of hydrogen-bond donors (Lipinski definition) is 1. The number of ether oxygens (including phenoxy) is 3. The van der Waals surface area contributed by atoms with Crippen molar-refractivity contribution >= 4 is 11.8 Å². The molecule has 0 unspecified atom stereocenters. The van der Waals surface area contributed by atoms with E-state index in [1.54, 1.807) is 14.2 Å². The summed E-state index contributed by atoms with van der Waals surface area (Å²) in [6.45, 7) is 1.27. The normalized spacial score (nSPS) is 13.0. The van der Waals surface area contributed by atoms with Gasteiger partial charge in [-0.3, -0.25) is 9.59 Å². The maximum atomic E-state index is 11.9. The zero-order valence-electron chi connectivity index (χ0n) is 17.8. The summed E-state index contributed by atoms with van der Waals surface area (Å²) in [5.74, 6) is 1.80. The van der Waals surface area contributed by atoms with Gasteiger partial charge in [0.1, 0.15) is 17.3 Å². The summed E-state index contributed by atoms with van der Waals surface area (Å²) >= 11 is 0. The van der Waals surface area contributed by atoms with E-state index in [2.05, 4.69) is 5.32 Å². The average molecular weight is 411 g/mol. The number of carbonyl (C=O) groups is 2. The molecule has 1 aliphatic carbocycles. The maximum absolute atomic E-state index is 11.9. The maximum Gasteiger partial charge on any atom is 0.309 e. The third-order valence-electron chi connectivity index (χ3n) is 5.34. The number of ketones is 1. The van der Waals surface area contributed by atoms with E-state index in [4.69, 9.17) is 14.2 Å². The van der Waals surface area contributed by atoms with Gasteiger partial charge in [0.25, 0.3) is 0 Å². The minimum Gasteiger partial charge on any atom is -0.497 e. The van der Waals surface area contributed by atoms with Crippen LogP contribution in [0.4, 0.5) is 0 Å². The van der Waals surface area contributed by atoms with Crippen molar-refractivity contribution in [1.29, 1.82) is 0 Å². The molecule has 0 atom stereocenters. The minimum atomic E-state index is -0.293. The number of hydrogen-bond acceptors (Lipinski definition) is 6. The monoisotopic (exact) mass is 411 g/mol. The van der Waals surface area contributed by atoms with Crippen LogP contribution in [0.2, 0.25) is 0 Å². The molecule has 160 valence electrons. The van der Waals surface area contributed by atoms with Crippen LogP contribution in [0, 0.1) is 5.92 Å². The number of nitrogens with one attached hydrogen (secondary N) is 1. The highest BCUT2D eigenvalue weighted by Crippen LogP contribution is 2.36. The Kier molecular flexibility index (Phi) is 7.46. The molecule has 6 nitrogen and oxygen atoms in total. The summed E-state index contributed by atoms with van der Waals surface area (Å²) in [6, 6.07) is 11.6. The Morgan fingerprint density at radius 1 is 1.00 bits per heavy atom. The molecule has 6 heteroatoms. The molecule has 0 spiro atoms. The molecule has 1 aliphatic rings. The van der Waals surface area contributed by atoms with Gasteiger partial charge in [-0.2, -0.15) is 0 Å². The zero-order chi connectivity index (χ0) is 21.5. The van der Waals surface area contributed by atoms with Crippen LogP contribution >= 0.6 is 0 Å². The highest BCUT2D eigenvalue weighted by molar-refractivity contribution is 5.83. The van der Waals surface area contributed by atoms with Gasteiger partial charge in [0.15, 0.2) is 0 Å². The molecule has 0 aliphatic heterocycles. The van der Waals surface area contributed by atoms with Gasteiger partial charge in [-0.1, -0.05) is 12.1 Å². The standard InChI is InChI=1S/C24H29NO5/c1-28-19-8-7-18(15-25-11-10-22(26)17-5-6-17)20(14-19)21-12-16(13-24(27)30-3)4-9-23(21)29-2/h4,7-9,12,14,17,25H,5-6,10-11,13,15H2,1-3H3. The summed E-state index contributed by atoms with van der Waals surface area (Å²) in [7, 11) is 4.64. The minimum absolute atomic E-state index is 0.189. The van der Waals surface area contributed by atoms with E-state index in [0.29, 0.717) is 37.0 Å². The summed E-state index contributed by atoms with van der Waals surface area (Å²) in [5.41, 5.74) is 3.74. The van der Waals surface area contributed by atoms with Crippen molar-refractivity contribution in [3.63, 3.8) is 0 Å². The van der Waals surface area contributed by atoms with Gasteiger partial charge in [0.2, 0.25) is 0 Å². The fourth-order valence-corrected chi connectivity index (χ4v) is 3.45. The molecule has 2 aromatic rings. The quantitative estimate of drug-likeness (QED) is 0.450. The second-order valence-electron chi connectivity index (χ2n) is 7.48. The fraction of sp³-hybridized carbons (Fsp3) is 0.417. The Balaban J connectivity index is 1.84. The molecule has 3 rings (SSSR count). The van der Waals surface area contributed by atoms with E-state index >= 15 is 0 Å². The molecule has 0 radical (unpaired) electrons. The van der Waals surface area contributed by atoms with Crippen molar-refractivity contribution in [3.8, 4) is 22.6 Å². The highest BCUT2D eigenvalue weighted by atomic mass is 16.5. The molecule has 1 saturated carbocycles. The lowest BCUT2D eigenvalue weighted by Crippen LogP contribution is -2.19. The number of esters is 1. The topological polar surface area (TPSA) is 73.9 Å². The predicted molar refractivity (Wildman–Crippen MR) is 115 cm³/mol. The molecule has 30 heavy (non-hydrogen) atoms. The average Bonchev–Trinajstić information content (AvgIpc) is 3.62. The van der Waals surface area contributed by atoms with Crippen molar-refractivity contribution in [2.75, 3.05) is 27.9 Å². The summed E-state index contributed by atoms with van der Waals surface area (Å²) < 4.78 is 15.8. The number of methoxy groups -OCH3 is 3. The molecule has 1 fully saturated rings. The third kappa shape index (κ3) is 5.60. The molecule has 1 N–H and O–H groups in total. The molecule has 0 amide bonds. The summed E-state index contributed by atoms with van der Waals surface area (Å²) in [5, 5.41) is 3.38. The van der Waals surface area contributed by atoms with Gasteiger partial charge < -0.3 is 19.5 Å². The van der Waals surface area contributed by atoms with Crippen LogP contribution in [-0.4, -0.2) is 39.6 Å². The third-order valence-corrected chi connectivity index (χ3v) is 5.34. The Hall–Kier alpha value is -2.86. The van der Waals surface area contributed by atoms with Gasteiger partial charge in [-0.15, -0.1) is 0 Å². The van der Waals surface area contributed by atoms with Crippen LogP contribution in [0.5, 0.6) is 11.5 Å². The number of rotatable bonds is 11. The van der Waals surface area contributed by atoms with Crippen LogP contribution in [0.15, 0.2) is 36.4 Å². The Labute approximate surface area is 177 Å². The van der Waals surface area contributed by atoms with Gasteiger partial charge in [-0.05, 0) is 53.8 Å². The lowest BCUT2D eigenvalue weighted by molar-refractivity contribution is -0.139. The van der Waals surface area contributed by atoms with E-state index in [9.17, 15) is 9.59 Å². The van der Waals surface area contributed by atoms with Crippen molar-refractivity contribution < 1.29 is 23.8 Å². The number of Topliss-reactive ketones (excluding diaryl/α,β-unsaturated/α-hetero) is 1. The largest absolute Gasteiger partial charge is 0.497 e. The predicted octanol–water partition coefficient (Wildman–Crippen LogP) is 3.55. The Morgan fingerprint density at radius 2 is 1.80 bits per heavy atom. The van der Waals surface area contributed by atoms with Gasteiger partial charge >= 0.3 is 5.97 Å². The molecule has 0 aromatic heterocycles. The second kappa shape index (κ2) is 10.3. The van der Waals surface area contributed by atoms with Crippen LogP contribution in [0.3, 0.4) is 0 Å². The first kappa shape index (κ1) is 21.8. The Morgan fingerprint density at radius 3 is 2.47 bits per heavy atom. The SMILES string of the molecule is COC(=O)Cc1ccc(OC)c(-c2cc(OC)ccc2CNCCC(=O)C2CC2)c1. The molecule has 0 heterocycles. The smallest absolute Gasteiger partial charge is 0.309 e. The van der Waals surface area contributed by atoms with Crippen LogP contribution < -0.4 is 14.8 Å². The van der Waals surface area contributed by atoms with Crippen LogP contribution in [0.1, 0.15) is 30.4 Å². The molecule has 2 aromatic carbocycles. The van der Waals surface area contributed by atoms with Crippen LogP contribution in [0.25, 0.3) is 11.1 Å². The number of carbonyl (C=O) groups excluding carboxylic acids is 2. The van der Waals surface area contributed by atoms with Crippen molar-refractivity contribution in [1.82, 2.24) is 5.32 Å². The highest BCUT2D eigenvalue weighted by Gasteiger charge is 2.28. The van der Waals surface area contributed by atoms with Crippen molar-refractivity contribution in [2.45, 2.75) is 32.2 Å². The molecule has 0 saturated heterocycles. The van der Waals surface area contributed by atoms with Gasteiger partial charge in [-0.25, -0.2) is 0 Å². The lowest BCUT2D eigenvalue weighted by Gasteiger charge is -2.16. The zero-order valence-corrected chi connectivity index (χ0v) is 17.8. The van der Waals surface area contributed by atoms with E-state index in [1.807, 2.05) is 36.4 Å². The van der Waals surface area contributed by atoms with E-state index in [-0.39, 0.29) is 12.4 Å². The summed E-state index contributed by atoms with van der Waals surface area (Å²) in [4.78, 5) is 23.6. The van der Waals surface area contributed by atoms with Gasteiger partial charge in [0, 0.05) is 31.0 Å². The van der Waals surface area contributed by atoms with Gasteiger partial charge in [0.05, 0.1) is 27.8 Å². The first-order valence-electron chi connectivity index (χ1n) is 10.2.